The summed E-state index contributed by atoms with van der Waals surface area (Å²) in [5, 5.41) is 36.8. The fraction of sp³-hybridized carbons (Fsp3) is 0. The van der Waals surface area contributed by atoms with Crippen LogP contribution in [0.15, 0.2) is 303 Å². The molecule has 0 bridgehead atoms. The Kier molecular flexibility index (Phi) is 10.8. The van der Waals surface area contributed by atoms with Crippen molar-refractivity contribution < 1.29 is 0 Å². The second-order valence-electron chi connectivity index (χ2n) is 24.6. The van der Waals surface area contributed by atoms with Gasteiger partial charge in [-0.1, -0.05) is 182 Å². The first-order valence-corrected chi connectivity index (χ1v) is 31.8. The van der Waals surface area contributed by atoms with E-state index in [-0.39, 0.29) is 0 Å². The molecule has 0 unspecified atom stereocenters. The highest BCUT2D eigenvalue weighted by atomic mass is 15.1. The molecule has 8 heteroatoms. The van der Waals surface area contributed by atoms with Gasteiger partial charge in [0.15, 0.2) is 0 Å². The van der Waals surface area contributed by atoms with E-state index in [2.05, 4.69) is 325 Å². The smallest absolute Gasteiger partial charge is 0.104 e. The SMILES string of the molecule is N#Cc1cccc(-c2cc(-n3c4cc(-n5c6ccccc6c6ccccc65)ccc4c4ccc(-n5c6ccccc6c6ccccc65)cc43)c(C#N)c(-n3c4cc(-n5c6ccccc6c6ccccc65)ccc4c4ccc(-n5c6ccccc6c6ccccc65)cc43)c2)c1. The molecular weight excluding hydrogens is 1150 g/mol. The van der Waals surface area contributed by atoms with Crippen molar-refractivity contribution in [2.75, 3.05) is 0 Å². The predicted octanol–water partition coefficient (Wildman–Crippen LogP) is 21.7. The van der Waals surface area contributed by atoms with Crippen molar-refractivity contribution in [1.29, 1.82) is 10.5 Å². The molecule has 0 saturated heterocycles. The predicted molar refractivity (Wildman–Crippen MR) is 387 cm³/mol. The average molecular weight is 1200 g/mol. The molecule has 0 amide bonds. The highest BCUT2D eigenvalue weighted by molar-refractivity contribution is 6.17. The van der Waals surface area contributed by atoms with Crippen molar-refractivity contribution in [1.82, 2.24) is 27.4 Å². The van der Waals surface area contributed by atoms with E-state index in [4.69, 9.17) is 0 Å². The monoisotopic (exact) mass is 1190 g/mol. The van der Waals surface area contributed by atoms with E-state index < -0.39 is 0 Å². The van der Waals surface area contributed by atoms with Crippen LogP contribution < -0.4 is 0 Å². The lowest BCUT2D eigenvalue weighted by Crippen LogP contribution is -2.06. The second-order valence-corrected chi connectivity index (χ2v) is 24.6. The van der Waals surface area contributed by atoms with Gasteiger partial charge in [0, 0.05) is 87.4 Å². The molecule has 14 aromatic carbocycles. The van der Waals surface area contributed by atoms with E-state index in [1.807, 2.05) is 18.2 Å². The van der Waals surface area contributed by atoms with Gasteiger partial charge in [-0.25, -0.2) is 0 Å². The van der Waals surface area contributed by atoms with Crippen molar-refractivity contribution in [2.24, 2.45) is 0 Å². The molecule has 0 aliphatic carbocycles. The normalized spacial score (nSPS) is 12.0. The molecule has 0 N–H and O–H groups in total. The largest absolute Gasteiger partial charge is 0.309 e. The Labute approximate surface area is 537 Å². The molecule has 0 saturated carbocycles. The van der Waals surface area contributed by atoms with E-state index in [9.17, 15) is 10.5 Å². The lowest BCUT2D eigenvalue weighted by Gasteiger charge is -2.19. The van der Waals surface area contributed by atoms with Crippen LogP contribution in [0.5, 0.6) is 0 Å². The number of benzene rings is 14. The highest BCUT2D eigenvalue weighted by Crippen LogP contribution is 2.45. The Morgan fingerprint density at radius 1 is 0.191 bits per heavy atom. The Balaban J connectivity index is 0.942. The van der Waals surface area contributed by atoms with E-state index in [0.717, 1.165) is 122 Å². The van der Waals surface area contributed by atoms with Crippen LogP contribution in [0.4, 0.5) is 0 Å². The molecule has 0 radical (unpaired) electrons. The van der Waals surface area contributed by atoms with Crippen LogP contribution in [0.3, 0.4) is 0 Å². The summed E-state index contributed by atoms with van der Waals surface area (Å²) in [6.07, 6.45) is 0. The van der Waals surface area contributed by atoms with Crippen LogP contribution in [0.25, 0.3) is 176 Å². The van der Waals surface area contributed by atoms with Gasteiger partial charge in [-0.2, -0.15) is 10.5 Å². The molecule has 0 aliphatic rings. The number of fused-ring (bicyclic) bond motifs is 18. The highest BCUT2D eigenvalue weighted by Gasteiger charge is 2.27. The Morgan fingerprint density at radius 3 is 0.702 bits per heavy atom. The number of hydrogen-bond acceptors (Lipinski definition) is 2. The molecule has 6 heterocycles. The Hall–Kier alpha value is -13.1. The molecule has 0 spiro atoms. The third-order valence-electron chi connectivity index (χ3n) is 19.8. The number of aromatic nitrogens is 6. The summed E-state index contributed by atoms with van der Waals surface area (Å²) in [6, 6.07) is 114. The van der Waals surface area contributed by atoms with E-state index >= 15 is 0 Å². The standard InChI is InChI=1S/C86H50N8/c87-51-53-18-17-19-54(44-53)55-45-81(93-83-47-56(89-73-28-9-1-20-60(73)61-21-2-10-29-74(61)89)36-40-68(83)69-41-37-57(48-84(69)93)90-75-30-11-3-22-62(75)63-23-4-12-31-76(63)90)72(52-88)82(46-55)94-85-49-58(91-77-32-13-5-24-64(77)65-25-6-14-33-78(65)91)38-42-70(85)71-43-39-59(50-86(71)94)92-79-34-15-7-26-66(79)67-27-8-16-35-80(67)92/h1-50H. The van der Waals surface area contributed by atoms with E-state index in [1.54, 1.807) is 0 Å². The van der Waals surface area contributed by atoms with Crippen LogP contribution in [-0.2, 0) is 0 Å². The topological polar surface area (TPSA) is 77.2 Å². The quantitative estimate of drug-likeness (QED) is 0.159. The zero-order valence-electron chi connectivity index (χ0n) is 50.4. The summed E-state index contributed by atoms with van der Waals surface area (Å²) in [5.41, 5.74) is 20.6. The summed E-state index contributed by atoms with van der Waals surface area (Å²) in [5.74, 6) is 0. The maximum Gasteiger partial charge on any atom is 0.104 e. The lowest BCUT2D eigenvalue weighted by atomic mass is 9.98. The first-order valence-electron chi connectivity index (χ1n) is 31.8. The molecule has 20 rings (SSSR count). The van der Waals surface area contributed by atoms with Gasteiger partial charge >= 0.3 is 0 Å². The van der Waals surface area contributed by atoms with E-state index in [0.29, 0.717) is 22.5 Å². The molecule has 6 aromatic heterocycles. The zero-order chi connectivity index (χ0) is 61.9. The summed E-state index contributed by atoms with van der Waals surface area (Å²) < 4.78 is 14.2. The molecular formula is C86H50N8. The lowest BCUT2D eigenvalue weighted by molar-refractivity contribution is 1.10. The molecule has 8 nitrogen and oxygen atoms in total. The third-order valence-corrected chi connectivity index (χ3v) is 19.8. The molecule has 0 fully saturated rings. The van der Waals surface area contributed by atoms with Crippen molar-refractivity contribution in [2.45, 2.75) is 0 Å². The van der Waals surface area contributed by atoms with Gasteiger partial charge in [-0.15, -0.1) is 0 Å². The molecule has 94 heavy (non-hydrogen) atoms. The third kappa shape index (κ3) is 7.25. The first-order chi connectivity index (χ1) is 46.6. The number of rotatable bonds is 7. The maximum absolute atomic E-state index is 12.7. The van der Waals surface area contributed by atoms with Crippen molar-refractivity contribution in [3.05, 3.63) is 314 Å². The van der Waals surface area contributed by atoms with Crippen LogP contribution in [0.1, 0.15) is 11.1 Å². The molecule has 0 atom stereocenters. The Morgan fingerprint density at radius 2 is 0.447 bits per heavy atom. The zero-order valence-corrected chi connectivity index (χ0v) is 50.4. The summed E-state index contributed by atoms with van der Waals surface area (Å²) in [4.78, 5) is 0. The van der Waals surface area contributed by atoms with Gasteiger partial charge in [0.25, 0.3) is 0 Å². The van der Waals surface area contributed by atoms with Crippen molar-refractivity contribution in [3.8, 4) is 57.4 Å². The van der Waals surface area contributed by atoms with Gasteiger partial charge in [-0.3, -0.25) is 0 Å². The Bertz CT molecular complexity index is 5850. The van der Waals surface area contributed by atoms with Crippen molar-refractivity contribution in [3.63, 3.8) is 0 Å². The summed E-state index contributed by atoms with van der Waals surface area (Å²) in [6.45, 7) is 0. The molecule has 434 valence electrons. The number of nitriles is 2. The maximum atomic E-state index is 12.7. The molecule has 20 aromatic rings. The van der Waals surface area contributed by atoms with Crippen molar-refractivity contribution >= 4 is 131 Å². The van der Waals surface area contributed by atoms with Gasteiger partial charge in [-0.05, 0) is 132 Å². The fourth-order valence-corrected chi connectivity index (χ4v) is 15.9. The van der Waals surface area contributed by atoms with Crippen LogP contribution in [0, 0.1) is 22.7 Å². The number of para-hydroxylation sites is 8. The first kappa shape index (κ1) is 51.7. The number of hydrogen-bond donors (Lipinski definition) is 0. The number of nitrogens with zero attached hydrogens (tertiary/aromatic N) is 8. The minimum atomic E-state index is 0.479. The van der Waals surface area contributed by atoms with Gasteiger partial charge in [0.1, 0.15) is 11.6 Å². The minimum Gasteiger partial charge on any atom is -0.309 e. The van der Waals surface area contributed by atoms with Crippen LogP contribution >= 0.6 is 0 Å². The summed E-state index contributed by atoms with van der Waals surface area (Å²) in [7, 11) is 0. The van der Waals surface area contributed by atoms with E-state index in [1.165, 1.54) is 43.1 Å². The summed E-state index contributed by atoms with van der Waals surface area (Å²) >= 11 is 0. The van der Waals surface area contributed by atoms with Crippen LogP contribution in [0.2, 0.25) is 0 Å². The van der Waals surface area contributed by atoms with Gasteiger partial charge in [0.05, 0.1) is 89.2 Å². The minimum absolute atomic E-state index is 0.479. The second kappa shape index (κ2) is 19.7. The van der Waals surface area contributed by atoms with Crippen LogP contribution in [-0.4, -0.2) is 27.4 Å². The average Bonchev–Trinajstić information content (AvgIpc) is 1.55. The molecule has 0 aliphatic heterocycles. The van der Waals surface area contributed by atoms with Gasteiger partial charge in [0.2, 0.25) is 0 Å². The van der Waals surface area contributed by atoms with Gasteiger partial charge < -0.3 is 27.4 Å². The fourth-order valence-electron chi connectivity index (χ4n) is 15.9.